The number of amides is 2. The van der Waals surface area contributed by atoms with Gasteiger partial charge in [0.2, 0.25) is 5.91 Å². The van der Waals surface area contributed by atoms with Crippen LogP contribution in [0.2, 0.25) is 0 Å². The second-order valence-corrected chi connectivity index (χ2v) is 3.51. The summed E-state index contributed by atoms with van der Waals surface area (Å²) in [5.74, 6) is -0.699. The fraction of sp³-hybridized carbons (Fsp3) is 0.333. The van der Waals surface area contributed by atoms with Crippen LogP contribution in [-0.4, -0.2) is 21.8 Å². The van der Waals surface area contributed by atoms with Crippen molar-refractivity contribution in [2.75, 3.05) is 5.73 Å². The van der Waals surface area contributed by atoms with Crippen LogP contribution in [0.25, 0.3) is 0 Å². The number of carbonyl (C=O) groups excluding carboxylic acids is 2. The molecule has 0 aliphatic heterocycles. The molecule has 2 amide bonds. The number of anilines is 1. The number of aromatic nitrogens is 2. The molecular weight excluding hydrogens is 210 g/mol. The lowest BCUT2D eigenvalue weighted by atomic mass is 10.4. The zero-order valence-electron chi connectivity index (χ0n) is 8.43. The maximum absolute atomic E-state index is 11.5. The van der Waals surface area contributed by atoms with E-state index in [4.69, 9.17) is 5.73 Å². The number of nitrogens with zero attached hydrogens (tertiary/aromatic N) is 2. The van der Waals surface area contributed by atoms with E-state index in [2.05, 4.69) is 20.8 Å². The number of nitrogens with two attached hydrogens (primary N) is 1. The van der Waals surface area contributed by atoms with Gasteiger partial charge in [0.05, 0.1) is 0 Å². The van der Waals surface area contributed by atoms with E-state index in [1.54, 1.807) is 0 Å². The van der Waals surface area contributed by atoms with Crippen LogP contribution in [0.3, 0.4) is 0 Å². The highest BCUT2D eigenvalue weighted by Gasteiger charge is 2.29. The molecule has 0 saturated heterocycles. The van der Waals surface area contributed by atoms with E-state index in [1.807, 2.05) is 0 Å². The summed E-state index contributed by atoms with van der Waals surface area (Å²) < 4.78 is 0. The topological polar surface area (TPSA) is 110 Å². The first-order valence-corrected chi connectivity index (χ1v) is 4.85. The van der Waals surface area contributed by atoms with Gasteiger partial charge < -0.3 is 5.73 Å². The predicted molar refractivity (Wildman–Crippen MR) is 54.8 cm³/mol. The number of carbonyl (C=O) groups is 2. The monoisotopic (exact) mass is 221 g/mol. The van der Waals surface area contributed by atoms with Gasteiger partial charge in [-0.3, -0.25) is 20.4 Å². The summed E-state index contributed by atoms with van der Waals surface area (Å²) in [6.45, 7) is 0. The Kier molecular flexibility index (Phi) is 2.67. The van der Waals surface area contributed by atoms with E-state index in [9.17, 15) is 9.59 Å². The van der Waals surface area contributed by atoms with E-state index in [1.165, 1.54) is 12.4 Å². The molecule has 7 heteroatoms. The fourth-order valence-corrected chi connectivity index (χ4v) is 1.15. The summed E-state index contributed by atoms with van der Waals surface area (Å²) in [7, 11) is 0. The van der Waals surface area contributed by atoms with Crippen molar-refractivity contribution in [2.45, 2.75) is 12.8 Å². The molecule has 0 bridgehead atoms. The van der Waals surface area contributed by atoms with Crippen molar-refractivity contribution in [3.63, 3.8) is 0 Å². The molecule has 0 radical (unpaired) electrons. The van der Waals surface area contributed by atoms with Gasteiger partial charge in [0.25, 0.3) is 5.91 Å². The zero-order chi connectivity index (χ0) is 11.5. The maximum atomic E-state index is 11.5. The van der Waals surface area contributed by atoms with Crippen molar-refractivity contribution in [1.82, 2.24) is 20.8 Å². The SMILES string of the molecule is Nc1nccnc1C(=O)NNC(=O)C1CC1. The van der Waals surface area contributed by atoms with Crippen LogP contribution in [-0.2, 0) is 4.79 Å². The molecule has 0 aromatic carbocycles. The molecule has 84 valence electrons. The number of hydrogen-bond acceptors (Lipinski definition) is 5. The van der Waals surface area contributed by atoms with Crippen LogP contribution >= 0.6 is 0 Å². The van der Waals surface area contributed by atoms with Gasteiger partial charge in [-0.15, -0.1) is 0 Å². The Labute approximate surface area is 91.4 Å². The molecule has 4 N–H and O–H groups in total. The van der Waals surface area contributed by atoms with Crippen molar-refractivity contribution in [3.05, 3.63) is 18.1 Å². The zero-order valence-corrected chi connectivity index (χ0v) is 8.43. The molecule has 2 rings (SSSR count). The lowest BCUT2D eigenvalue weighted by molar-refractivity contribution is -0.123. The summed E-state index contributed by atoms with van der Waals surface area (Å²) >= 11 is 0. The molecular formula is C9H11N5O2. The summed E-state index contributed by atoms with van der Waals surface area (Å²) in [4.78, 5) is 30.2. The van der Waals surface area contributed by atoms with Gasteiger partial charge in [0.15, 0.2) is 11.5 Å². The fourth-order valence-electron chi connectivity index (χ4n) is 1.15. The molecule has 1 aromatic rings. The molecule has 0 atom stereocenters. The van der Waals surface area contributed by atoms with Crippen LogP contribution in [0.4, 0.5) is 5.82 Å². The van der Waals surface area contributed by atoms with Crippen LogP contribution in [0.1, 0.15) is 23.3 Å². The highest BCUT2D eigenvalue weighted by Crippen LogP contribution is 2.28. The third kappa shape index (κ3) is 2.25. The van der Waals surface area contributed by atoms with Crippen LogP contribution in [0.15, 0.2) is 12.4 Å². The van der Waals surface area contributed by atoms with Crippen molar-refractivity contribution in [1.29, 1.82) is 0 Å². The van der Waals surface area contributed by atoms with E-state index < -0.39 is 5.91 Å². The first-order valence-electron chi connectivity index (χ1n) is 4.85. The highest BCUT2D eigenvalue weighted by molar-refractivity contribution is 5.97. The smallest absolute Gasteiger partial charge is 0.292 e. The largest absolute Gasteiger partial charge is 0.382 e. The van der Waals surface area contributed by atoms with E-state index in [0.717, 1.165) is 12.8 Å². The van der Waals surface area contributed by atoms with Gasteiger partial charge in [0, 0.05) is 18.3 Å². The third-order valence-corrected chi connectivity index (χ3v) is 2.19. The van der Waals surface area contributed by atoms with Crippen molar-refractivity contribution in [3.8, 4) is 0 Å². The minimum Gasteiger partial charge on any atom is -0.382 e. The second-order valence-electron chi connectivity index (χ2n) is 3.51. The van der Waals surface area contributed by atoms with Gasteiger partial charge in [-0.05, 0) is 12.8 Å². The molecule has 1 aliphatic rings. The maximum Gasteiger partial charge on any atom is 0.292 e. The molecule has 1 aliphatic carbocycles. The standard InChI is InChI=1S/C9H11N5O2/c10-7-6(11-3-4-12-7)9(16)14-13-8(15)5-1-2-5/h3-5H,1-2H2,(H2,10,12)(H,13,15)(H,14,16). The van der Waals surface area contributed by atoms with Gasteiger partial charge in [0.1, 0.15) is 0 Å². The molecule has 7 nitrogen and oxygen atoms in total. The van der Waals surface area contributed by atoms with Gasteiger partial charge >= 0.3 is 0 Å². The molecule has 1 saturated carbocycles. The average Bonchev–Trinajstić information content (AvgIpc) is 3.10. The summed E-state index contributed by atoms with van der Waals surface area (Å²) in [5, 5.41) is 0. The van der Waals surface area contributed by atoms with Gasteiger partial charge in [-0.2, -0.15) is 0 Å². The van der Waals surface area contributed by atoms with Crippen LogP contribution in [0.5, 0.6) is 0 Å². The van der Waals surface area contributed by atoms with E-state index in [0.29, 0.717) is 0 Å². The Bertz CT molecular complexity index is 430. The first kappa shape index (κ1) is 10.3. The minimum atomic E-state index is -0.570. The van der Waals surface area contributed by atoms with Crippen LogP contribution in [0, 0.1) is 5.92 Å². The van der Waals surface area contributed by atoms with Gasteiger partial charge in [-0.25, -0.2) is 9.97 Å². The Hall–Kier alpha value is -2.18. The summed E-state index contributed by atoms with van der Waals surface area (Å²) in [6, 6.07) is 0. The Morgan fingerprint density at radius 2 is 1.94 bits per heavy atom. The number of hydrogen-bond donors (Lipinski definition) is 3. The summed E-state index contributed by atoms with van der Waals surface area (Å²) in [5.41, 5.74) is 10.00. The normalized spacial score (nSPS) is 14.2. The third-order valence-electron chi connectivity index (χ3n) is 2.19. The molecule has 1 aromatic heterocycles. The van der Waals surface area contributed by atoms with Crippen molar-refractivity contribution < 1.29 is 9.59 Å². The molecule has 16 heavy (non-hydrogen) atoms. The number of nitrogens with one attached hydrogen (secondary N) is 2. The predicted octanol–water partition coefficient (Wildman–Crippen LogP) is -0.770. The molecule has 1 heterocycles. The molecule has 0 spiro atoms. The first-order chi connectivity index (χ1) is 7.68. The van der Waals surface area contributed by atoms with Crippen molar-refractivity contribution in [2.24, 2.45) is 5.92 Å². The lowest BCUT2D eigenvalue weighted by Gasteiger charge is -2.06. The van der Waals surface area contributed by atoms with E-state index in [-0.39, 0.29) is 23.3 Å². The highest BCUT2D eigenvalue weighted by atomic mass is 16.2. The van der Waals surface area contributed by atoms with E-state index >= 15 is 0 Å². The molecule has 1 fully saturated rings. The Morgan fingerprint density at radius 3 is 2.56 bits per heavy atom. The average molecular weight is 221 g/mol. The number of rotatable bonds is 2. The number of hydrazine groups is 1. The van der Waals surface area contributed by atoms with Crippen LogP contribution < -0.4 is 16.6 Å². The Balaban J connectivity index is 1.92. The summed E-state index contributed by atoms with van der Waals surface area (Å²) in [6.07, 6.45) is 4.48. The molecule has 0 unspecified atom stereocenters. The quantitative estimate of drug-likeness (QED) is 0.568. The minimum absolute atomic E-state index is 0.00130. The lowest BCUT2D eigenvalue weighted by Crippen LogP contribution is -2.43. The van der Waals surface area contributed by atoms with Gasteiger partial charge in [-0.1, -0.05) is 0 Å². The Morgan fingerprint density at radius 1 is 1.25 bits per heavy atom. The number of nitrogen functional groups attached to an aromatic ring is 1. The second kappa shape index (κ2) is 4.13. The van der Waals surface area contributed by atoms with Crippen molar-refractivity contribution >= 4 is 17.6 Å².